The number of nitrogens with one attached hydrogen (secondary N) is 2. The van der Waals surface area contributed by atoms with E-state index in [2.05, 4.69) is 10.6 Å². The molecule has 0 aliphatic heterocycles. The summed E-state index contributed by atoms with van der Waals surface area (Å²) in [5, 5.41) is 5.31. The van der Waals surface area contributed by atoms with Gasteiger partial charge in [-0.05, 0) is 36.4 Å². The first-order valence-electron chi connectivity index (χ1n) is 7.29. The second-order valence-electron chi connectivity index (χ2n) is 5.22. The molecule has 0 spiro atoms. The summed E-state index contributed by atoms with van der Waals surface area (Å²) in [4.78, 5) is 23.8. The standard InChI is InChI=1S/C17H18N2O4S/c1-24(22,23)15-9-7-14(8-10-15)19-16(20)11-12-18-17(21)13-5-3-2-4-6-13/h2-10H,11-12H2,1H3,(H,18,21)(H,19,20). The predicted molar refractivity (Wildman–Crippen MR) is 91.6 cm³/mol. The van der Waals surface area contributed by atoms with Gasteiger partial charge in [0.15, 0.2) is 9.84 Å². The summed E-state index contributed by atoms with van der Waals surface area (Å²) in [6.07, 6.45) is 1.24. The van der Waals surface area contributed by atoms with Crippen molar-refractivity contribution in [3.8, 4) is 0 Å². The molecule has 126 valence electrons. The Hall–Kier alpha value is -2.67. The van der Waals surface area contributed by atoms with Gasteiger partial charge >= 0.3 is 0 Å². The number of carbonyl (C=O) groups excluding carboxylic acids is 2. The number of hydrogen-bond acceptors (Lipinski definition) is 4. The number of sulfone groups is 1. The second-order valence-corrected chi connectivity index (χ2v) is 7.23. The minimum Gasteiger partial charge on any atom is -0.352 e. The first kappa shape index (κ1) is 17.7. The van der Waals surface area contributed by atoms with Crippen LogP contribution >= 0.6 is 0 Å². The summed E-state index contributed by atoms with van der Waals surface area (Å²) in [6.45, 7) is 0.209. The highest BCUT2D eigenvalue weighted by molar-refractivity contribution is 7.90. The van der Waals surface area contributed by atoms with E-state index in [9.17, 15) is 18.0 Å². The van der Waals surface area contributed by atoms with E-state index in [1.54, 1.807) is 24.3 Å². The predicted octanol–water partition coefficient (Wildman–Crippen LogP) is 1.85. The van der Waals surface area contributed by atoms with Crippen LogP contribution in [0.3, 0.4) is 0 Å². The van der Waals surface area contributed by atoms with E-state index in [1.165, 1.54) is 24.3 Å². The highest BCUT2D eigenvalue weighted by Gasteiger charge is 2.08. The Labute approximate surface area is 140 Å². The quantitative estimate of drug-likeness (QED) is 0.835. The first-order valence-corrected chi connectivity index (χ1v) is 9.18. The third-order valence-electron chi connectivity index (χ3n) is 3.24. The first-order chi connectivity index (χ1) is 11.4. The van der Waals surface area contributed by atoms with Gasteiger partial charge in [-0.25, -0.2) is 8.42 Å². The smallest absolute Gasteiger partial charge is 0.251 e. The third-order valence-corrected chi connectivity index (χ3v) is 4.37. The van der Waals surface area contributed by atoms with Crippen LogP contribution in [0.4, 0.5) is 5.69 Å². The lowest BCUT2D eigenvalue weighted by atomic mass is 10.2. The molecule has 0 bridgehead atoms. The van der Waals surface area contributed by atoms with Gasteiger partial charge in [0.05, 0.1) is 4.90 Å². The monoisotopic (exact) mass is 346 g/mol. The number of rotatable bonds is 6. The maximum atomic E-state index is 11.8. The molecule has 0 fully saturated rings. The molecule has 24 heavy (non-hydrogen) atoms. The average Bonchev–Trinajstić information content (AvgIpc) is 2.55. The van der Waals surface area contributed by atoms with E-state index in [4.69, 9.17) is 0 Å². The van der Waals surface area contributed by atoms with E-state index < -0.39 is 9.84 Å². The minimum atomic E-state index is -3.26. The van der Waals surface area contributed by atoms with Crippen molar-refractivity contribution in [2.75, 3.05) is 18.1 Å². The lowest BCUT2D eigenvalue weighted by molar-refractivity contribution is -0.116. The lowest BCUT2D eigenvalue weighted by Gasteiger charge is -2.07. The molecule has 7 heteroatoms. The zero-order valence-electron chi connectivity index (χ0n) is 13.2. The summed E-state index contributed by atoms with van der Waals surface area (Å²) in [7, 11) is -3.26. The molecule has 0 radical (unpaired) electrons. The molecule has 2 rings (SSSR count). The third kappa shape index (κ3) is 5.20. The molecule has 0 atom stereocenters. The van der Waals surface area contributed by atoms with Crippen LogP contribution in [-0.2, 0) is 14.6 Å². The molecule has 2 amide bonds. The lowest BCUT2D eigenvalue weighted by Crippen LogP contribution is -2.27. The van der Waals surface area contributed by atoms with Crippen molar-refractivity contribution in [2.45, 2.75) is 11.3 Å². The van der Waals surface area contributed by atoms with E-state index in [1.807, 2.05) is 6.07 Å². The number of carbonyl (C=O) groups is 2. The highest BCUT2D eigenvalue weighted by atomic mass is 32.2. The van der Waals surface area contributed by atoms with E-state index in [-0.39, 0.29) is 29.7 Å². The summed E-state index contributed by atoms with van der Waals surface area (Å²) in [6, 6.07) is 14.7. The maximum Gasteiger partial charge on any atom is 0.251 e. The van der Waals surface area contributed by atoms with Crippen LogP contribution in [0.2, 0.25) is 0 Å². The Morgan fingerprint density at radius 1 is 0.958 bits per heavy atom. The number of hydrogen-bond donors (Lipinski definition) is 2. The molecule has 0 aliphatic rings. The van der Waals surface area contributed by atoms with Crippen molar-refractivity contribution in [1.29, 1.82) is 0 Å². The highest BCUT2D eigenvalue weighted by Crippen LogP contribution is 2.13. The van der Waals surface area contributed by atoms with Gasteiger partial charge in [-0.15, -0.1) is 0 Å². The maximum absolute atomic E-state index is 11.8. The van der Waals surface area contributed by atoms with Gasteiger partial charge in [0.25, 0.3) is 5.91 Å². The molecule has 0 saturated heterocycles. The second kappa shape index (κ2) is 7.74. The molecule has 6 nitrogen and oxygen atoms in total. The van der Waals surface area contributed by atoms with E-state index in [0.29, 0.717) is 11.3 Å². The van der Waals surface area contributed by atoms with E-state index >= 15 is 0 Å². The molecule has 2 N–H and O–H groups in total. The molecule has 0 saturated carbocycles. The van der Waals surface area contributed by atoms with Gasteiger partial charge in [0.2, 0.25) is 5.91 Å². The molecule has 0 unspecified atom stereocenters. The topological polar surface area (TPSA) is 92.3 Å². The average molecular weight is 346 g/mol. The van der Waals surface area contributed by atoms with Gasteiger partial charge in [0, 0.05) is 30.5 Å². The molecular weight excluding hydrogens is 328 g/mol. The van der Waals surface area contributed by atoms with Crippen molar-refractivity contribution in [1.82, 2.24) is 5.32 Å². The van der Waals surface area contributed by atoms with Gasteiger partial charge in [-0.2, -0.15) is 0 Å². The van der Waals surface area contributed by atoms with Crippen LogP contribution in [0.5, 0.6) is 0 Å². The summed E-state index contributed by atoms with van der Waals surface area (Å²) >= 11 is 0. The van der Waals surface area contributed by atoms with Crippen LogP contribution in [0.1, 0.15) is 16.8 Å². The van der Waals surface area contributed by atoms with Gasteiger partial charge in [-0.1, -0.05) is 18.2 Å². The fraction of sp³-hybridized carbons (Fsp3) is 0.176. The Bertz CT molecular complexity index is 815. The van der Waals surface area contributed by atoms with Crippen molar-refractivity contribution in [2.24, 2.45) is 0 Å². The Morgan fingerprint density at radius 2 is 1.58 bits per heavy atom. The van der Waals surface area contributed by atoms with Crippen LogP contribution in [0.15, 0.2) is 59.5 Å². The number of anilines is 1. The molecular formula is C17H18N2O4S. The fourth-order valence-corrected chi connectivity index (χ4v) is 2.62. The molecule has 0 aliphatic carbocycles. The van der Waals surface area contributed by atoms with Gasteiger partial charge in [-0.3, -0.25) is 9.59 Å². The molecule has 0 aromatic heterocycles. The van der Waals surface area contributed by atoms with Crippen molar-refractivity contribution >= 4 is 27.3 Å². The molecule has 2 aromatic rings. The fourth-order valence-electron chi connectivity index (χ4n) is 1.99. The van der Waals surface area contributed by atoms with Crippen molar-refractivity contribution in [3.63, 3.8) is 0 Å². The summed E-state index contributed by atoms with van der Waals surface area (Å²) < 4.78 is 22.7. The number of amides is 2. The molecule has 2 aromatic carbocycles. The summed E-state index contributed by atoms with van der Waals surface area (Å²) in [5.41, 5.74) is 1.04. The van der Waals surface area contributed by atoms with E-state index in [0.717, 1.165) is 6.26 Å². The van der Waals surface area contributed by atoms with Gasteiger partial charge < -0.3 is 10.6 Å². The number of benzene rings is 2. The van der Waals surface area contributed by atoms with Gasteiger partial charge in [0.1, 0.15) is 0 Å². The van der Waals surface area contributed by atoms with Crippen LogP contribution in [0.25, 0.3) is 0 Å². The Kier molecular flexibility index (Phi) is 5.70. The van der Waals surface area contributed by atoms with Crippen LogP contribution < -0.4 is 10.6 Å². The Morgan fingerprint density at radius 3 is 2.17 bits per heavy atom. The van der Waals surface area contributed by atoms with Crippen molar-refractivity contribution in [3.05, 3.63) is 60.2 Å². The zero-order valence-corrected chi connectivity index (χ0v) is 14.0. The Balaban J connectivity index is 1.80. The van der Waals surface area contributed by atoms with Crippen molar-refractivity contribution < 1.29 is 18.0 Å². The summed E-state index contributed by atoms with van der Waals surface area (Å²) in [5.74, 6) is -0.503. The van der Waals surface area contributed by atoms with Crippen LogP contribution in [0, 0.1) is 0 Å². The SMILES string of the molecule is CS(=O)(=O)c1ccc(NC(=O)CCNC(=O)c2ccccc2)cc1. The van der Waals surface area contributed by atoms with Crippen LogP contribution in [-0.4, -0.2) is 33.0 Å². The normalized spacial score (nSPS) is 10.9. The minimum absolute atomic E-state index is 0.117. The largest absolute Gasteiger partial charge is 0.352 e. The zero-order chi connectivity index (χ0) is 17.6. The molecule has 0 heterocycles.